The van der Waals surface area contributed by atoms with Gasteiger partial charge in [0.05, 0.1) is 6.61 Å². The van der Waals surface area contributed by atoms with Crippen molar-refractivity contribution in [1.29, 1.82) is 0 Å². The predicted octanol–water partition coefficient (Wildman–Crippen LogP) is 2.29. The lowest BCUT2D eigenvalue weighted by atomic mass is 9.73. The van der Waals surface area contributed by atoms with Gasteiger partial charge in [-0.1, -0.05) is 33.1 Å². The van der Waals surface area contributed by atoms with Crippen molar-refractivity contribution >= 4 is 0 Å². The van der Waals surface area contributed by atoms with Crippen LogP contribution in [0, 0.1) is 17.8 Å². The van der Waals surface area contributed by atoms with Gasteiger partial charge in [-0.3, -0.25) is 0 Å². The van der Waals surface area contributed by atoms with Crippen molar-refractivity contribution in [3.63, 3.8) is 0 Å². The molecule has 1 aliphatic rings. The van der Waals surface area contributed by atoms with Crippen molar-refractivity contribution in [2.45, 2.75) is 33.1 Å². The minimum atomic E-state index is 0.829. The monoisotopic (exact) mass is 199 g/mol. The van der Waals surface area contributed by atoms with Crippen molar-refractivity contribution in [3.05, 3.63) is 0 Å². The van der Waals surface area contributed by atoms with Gasteiger partial charge in [-0.15, -0.1) is 0 Å². The Morgan fingerprint density at radius 2 is 1.86 bits per heavy atom. The predicted molar refractivity (Wildman–Crippen MR) is 60.4 cm³/mol. The molecule has 84 valence electrons. The van der Waals surface area contributed by atoms with Crippen LogP contribution in [0.15, 0.2) is 0 Å². The van der Waals surface area contributed by atoms with E-state index in [0.717, 1.165) is 30.9 Å². The first-order chi connectivity index (χ1) is 6.75. The Labute approximate surface area is 88.4 Å². The van der Waals surface area contributed by atoms with Gasteiger partial charge in [0, 0.05) is 13.7 Å². The van der Waals surface area contributed by atoms with Crippen LogP contribution >= 0.6 is 0 Å². The molecule has 0 bridgehead atoms. The van der Waals surface area contributed by atoms with Gasteiger partial charge in [0.25, 0.3) is 0 Å². The second-order valence-corrected chi connectivity index (χ2v) is 4.75. The Morgan fingerprint density at radius 1 is 1.21 bits per heavy atom. The standard InChI is InChI=1S/C12H25NO/c1-10-5-4-6-11(2)12(10)9-13-7-8-14-3/h10-13H,4-9H2,1-3H3. The summed E-state index contributed by atoms with van der Waals surface area (Å²) in [5.41, 5.74) is 0. The normalized spacial score (nSPS) is 33.2. The number of hydrogen-bond donors (Lipinski definition) is 1. The third kappa shape index (κ3) is 3.58. The van der Waals surface area contributed by atoms with Gasteiger partial charge < -0.3 is 10.1 Å². The summed E-state index contributed by atoms with van der Waals surface area (Å²) in [6, 6.07) is 0. The Morgan fingerprint density at radius 3 is 2.43 bits per heavy atom. The van der Waals surface area contributed by atoms with E-state index in [9.17, 15) is 0 Å². The smallest absolute Gasteiger partial charge is 0.0587 e. The summed E-state index contributed by atoms with van der Waals surface area (Å²) < 4.78 is 5.02. The largest absolute Gasteiger partial charge is 0.383 e. The zero-order valence-corrected chi connectivity index (χ0v) is 9.88. The van der Waals surface area contributed by atoms with Crippen molar-refractivity contribution in [2.75, 3.05) is 26.8 Å². The van der Waals surface area contributed by atoms with Gasteiger partial charge in [0.15, 0.2) is 0 Å². The van der Waals surface area contributed by atoms with E-state index in [-0.39, 0.29) is 0 Å². The molecule has 0 heterocycles. The molecule has 14 heavy (non-hydrogen) atoms. The van der Waals surface area contributed by atoms with E-state index in [1.807, 2.05) is 0 Å². The maximum Gasteiger partial charge on any atom is 0.0587 e. The molecule has 0 spiro atoms. The number of methoxy groups -OCH3 is 1. The van der Waals surface area contributed by atoms with E-state index >= 15 is 0 Å². The van der Waals surface area contributed by atoms with Gasteiger partial charge in [-0.05, 0) is 24.3 Å². The Kier molecular flexibility index (Phi) is 5.49. The van der Waals surface area contributed by atoms with Crippen LogP contribution < -0.4 is 5.32 Å². The number of rotatable bonds is 5. The molecule has 2 unspecified atom stereocenters. The summed E-state index contributed by atoms with van der Waals surface area (Å²) in [7, 11) is 1.76. The molecule has 0 aromatic carbocycles. The van der Waals surface area contributed by atoms with E-state index in [0.29, 0.717) is 0 Å². The van der Waals surface area contributed by atoms with Crippen LogP contribution in [0.25, 0.3) is 0 Å². The molecule has 2 nitrogen and oxygen atoms in total. The average molecular weight is 199 g/mol. The fourth-order valence-corrected chi connectivity index (χ4v) is 2.60. The van der Waals surface area contributed by atoms with Gasteiger partial charge in [0.2, 0.25) is 0 Å². The summed E-state index contributed by atoms with van der Waals surface area (Å²) in [6.45, 7) is 7.80. The lowest BCUT2D eigenvalue weighted by molar-refractivity contribution is 0.162. The minimum absolute atomic E-state index is 0.829. The summed E-state index contributed by atoms with van der Waals surface area (Å²) in [5.74, 6) is 2.67. The molecule has 1 fully saturated rings. The van der Waals surface area contributed by atoms with Crippen molar-refractivity contribution in [3.8, 4) is 0 Å². The molecule has 1 aliphatic carbocycles. The van der Waals surface area contributed by atoms with E-state index < -0.39 is 0 Å². The summed E-state index contributed by atoms with van der Waals surface area (Å²) in [6.07, 6.45) is 4.26. The molecule has 0 aromatic rings. The molecule has 0 aromatic heterocycles. The third-order valence-corrected chi connectivity index (χ3v) is 3.64. The quantitative estimate of drug-likeness (QED) is 0.686. The fourth-order valence-electron chi connectivity index (χ4n) is 2.60. The van der Waals surface area contributed by atoms with Crippen molar-refractivity contribution < 1.29 is 4.74 Å². The molecule has 0 aliphatic heterocycles. The van der Waals surface area contributed by atoms with Gasteiger partial charge >= 0.3 is 0 Å². The van der Waals surface area contributed by atoms with Crippen LogP contribution in [0.4, 0.5) is 0 Å². The highest BCUT2D eigenvalue weighted by Gasteiger charge is 2.26. The van der Waals surface area contributed by atoms with Gasteiger partial charge in [-0.2, -0.15) is 0 Å². The molecule has 2 heteroatoms. The summed E-state index contributed by atoms with van der Waals surface area (Å²) >= 11 is 0. The van der Waals surface area contributed by atoms with E-state index in [2.05, 4.69) is 19.2 Å². The SMILES string of the molecule is COCCNCC1C(C)CCCC1C. The fraction of sp³-hybridized carbons (Fsp3) is 1.00. The van der Waals surface area contributed by atoms with Crippen LogP contribution in [0.1, 0.15) is 33.1 Å². The Balaban J connectivity index is 2.19. The maximum absolute atomic E-state index is 5.02. The third-order valence-electron chi connectivity index (χ3n) is 3.64. The molecule has 2 atom stereocenters. The zero-order valence-electron chi connectivity index (χ0n) is 9.88. The molecular formula is C12H25NO. The Hall–Kier alpha value is -0.0800. The molecule has 0 saturated heterocycles. The first-order valence-corrected chi connectivity index (χ1v) is 5.95. The van der Waals surface area contributed by atoms with E-state index in [1.165, 1.54) is 25.8 Å². The zero-order chi connectivity index (χ0) is 10.4. The summed E-state index contributed by atoms with van der Waals surface area (Å²) in [5, 5.41) is 3.49. The minimum Gasteiger partial charge on any atom is -0.383 e. The highest BCUT2D eigenvalue weighted by atomic mass is 16.5. The van der Waals surface area contributed by atoms with Crippen molar-refractivity contribution in [1.82, 2.24) is 5.32 Å². The first-order valence-electron chi connectivity index (χ1n) is 5.95. The molecule has 1 N–H and O–H groups in total. The van der Waals surface area contributed by atoms with Crippen molar-refractivity contribution in [2.24, 2.45) is 17.8 Å². The van der Waals surface area contributed by atoms with Gasteiger partial charge in [0.1, 0.15) is 0 Å². The molecular weight excluding hydrogens is 174 g/mol. The molecule has 1 saturated carbocycles. The first kappa shape index (κ1) is 12.0. The van der Waals surface area contributed by atoms with Gasteiger partial charge in [-0.25, -0.2) is 0 Å². The molecule has 0 amide bonds. The van der Waals surface area contributed by atoms with Crippen LogP contribution in [0.3, 0.4) is 0 Å². The lowest BCUT2D eigenvalue weighted by Crippen LogP contribution is -2.35. The van der Waals surface area contributed by atoms with Crippen LogP contribution in [-0.2, 0) is 4.74 Å². The summed E-state index contributed by atoms with van der Waals surface area (Å²) in [4.78, 5) is 0. The number of nitrogens with one attached hydrogen (secondary N) is 1. The number of hydrogen-bond acceptors (Lipinski definition) is 2. The maximum atomic E-state index is 5.02. The highest BCUT2D eigenvalue weighted by molar-refractivity contribution is 4.79. The molecule has 1 rings (SSSR count). The number of ether oxygens (including phenoxy) is 1. The van der Waals surface area contributed by atoms with E-state index in [1.54, 1.807) is 7.11 Å². The van der Waals surface area contributed by atoms with E-state index in [4.69, 9.17) is 4.74 Å². The van der Waals surface area contributed by atoms with Crippen LogP contribution in [-0.4, -0.2) is 26.8 Å². The second kappa shape index (κ2) is 6.41. The highest BCUT2D eigenvalue weighted by Crippen LogP contribution is 2.33. The second-order valence-electron chi connectivity index (χ2n) is 4.75. The van der Waals surface area contributed by atoms with Crippen LogP contribution in [0.2, 0.25) is 0 Å². The average Bonchev–Trinajstić information content (AvgIpc) is 2.16. The van der Waals surface area contributed by atoms with Crippen LogP contribution in [0.5, 0.6) is 0 Å². The Bertz CT molecular complexity index is 139. The topological polar surface area (TPSA) is 21.3 Å². The molecule has 0 radical (unpaired) electrons. The lowest BCUT2D eigenvalue weighted by Gasteiger charge is -2.34.